The van der Waals surface area contributed by atoms with Crippen LogP contribution in [-0.2, 0) is 17.3 Å². The number of hydrogen-bond acceptors (Lipinski definition) is 6. The number of aryl methyl sites for hydroxylation is 1. The molecule has 0 fully saturated rings. The summed E-state index contributed by atoms with van der Waals surface area (Å²) in [7, 11) is 3.55. The minimum absolute atomic E-state index is 0.0770. The number of nitrogens with one attached hydrogen (secondary N) is 2. The number of anilines is 1. The number of aromatic nitrogens is 4. The van der Waals surface area contributed by atoms with Crippen molar-refractivity contribution in [2.24, 2.45) is 7.05 Å². The van der Waals surface area contributed by atoms with Gasteiger partial charge in [-0.05, 0) is 7.05 Å². The third-order valence-corrected chi connectivity index (χ3v) is 4.17. The molecular formula is C13H20N6OS. The Morgan fingerprint density at radius 3 is 2.57 bits per heavy atom. The summed E-state index contributed by atoms with van der Waals surface area (Å²) in [5, 5.41) is 19.4. The maximum Gasteiger partial charge on any atom is 0.248 e. The van der Waals surface area contributed by atoms with Gasteiger partial charge in [0.15, 0.2) is 0 Å². The van der Waals surface area contributed by atoms with Crippen LogP contribution in [0.3, 0.4) is 0 Å². The van der Waals surface area contributed by atoms with E-state index in [0.29, 0.717) is 5.13 Å². The second-order valence-electron chi connectivity index (χ2n) is 5.82. The SMILES string of the molecule is CNC(C(=O)Nc1nnc(C(C)(C)C)s1)c1cnn(C)c1. The average molecular weight is 308 g/mol. The Labute approximate surface area is 127 Å². The lowest BCUT2D eigenvalue weighted by molar-refractivity contribution is -0.118. The summed E-state index contributed by atoms with van der Waals surface area (Å²) in [6.07, 6.45) is 3.48. The van der Waals surface area contributed by atoms with Gasteiger partial charge in [-0.15, -0.1) is 10.2 Å². The molecular weight excluding hydrogens is 288 g/mol. The summed E-state index contributed by atoms with van der Waals surface area (Å²) in [5.41, 5.74) is 0.727. The Balaban J connectivity index is 2.11. The quantitative estimate of drug-likeness (QED) is 0.893. The number of nitrogens with zero attached hydrogens (tertiary/aromatic N) is 4. The maximum atomic E-state index is 12.3. The molecule has 0 bridgehead atoms. The summed E-state index contributed by atoms with van der Waals surface area (Å²) in [6, 6.07) is -0.472. The zero-order chi connectivity index (χ0) is 15.6. The van der Waals surface area contributed by atoms with Crippen LogP contribution in [0.15, 0.2) is 12.4 Å². The predicted molar refractivity (Wildman–Crippen MR) is 82.2 cm³/mol. The number of carbonyl (C=O) groups is 1. The molecule has 2 aromatic rings. The lowest BCUT2D eigenvalue weighted by Gasteiger charge is -2.13. The van der Waals surface area contributed by atoms with Crippen LogP contribution in [0.25, 0.3) is 0 Å². The number of hydrogen-bond donors (Lipinski definition) is 2. The molecule has 2 rings (SSSR count). The second-order valence-corrected chi connectivity index (χ2v) is 6.80. The van der Waals surface area contributed by atoms with Gasteiger partial charge in [0.25, 0.3) is 0 Å². The van der Waals surface area contributed by atoms with Crippen LogP contribution < -0.4 is 10.6 Å². The third-order valence-electron chi connectivity index (χ3n) is 2.91. The van der Waals surface area contributed by atoms with Gasteiger partial charge in [-0.3, -0.25) is 14.8 Å². The fourth-order valence-electron chi connectivity index (χ4n) is 1.79. The molecule has 0 saturated heterocycles. The first-order valence-electron chi connectivity index (χ1n) is 6.62. The molecule has 0 aliphatic carbocycles. The Bertz CT molecular complexity index is 627. The van der Waals surface area contributed by atoms with Crippen molar-refractivity contribution in [3.05, 3.63) is 23.0 Å². The van der Waals surface area contributed by atoms with Crippen LogP contribution >= 0.6 is 11.3 Å². The molecule has 1 atom stereocenters. The van der Waals surface area contributed by atoms with Gasteiger partial charge >= 0.3 is 0 Å². The van der Waals surface area contributed by atoms with Gasteiger partial charge < -0.3 is 5.32 Å². The minimum Gasteiger partial charge on any atom is -0.305 e. The smallest absolute Gasteiger partial charge is 0.248 e. The first-order valence-corrected chi connectivity index (χ1v) is 7.43. The molecule has 0 aliphatic rings. The highest BCUT2D eigenvalue weighted by atomic mass is 32.1. The summed E-state index contributed by atoms with van der Waals surface area (Å²) >= 11 is 1.39. The summed E-state index contributed by atoms with van der Waals surface area (Å²) in [6.45, 7) is 6.18. The van der Waals surface area contributed by atoms with Gasteiger partial charge in [-0.2, -0.15) is 5.10 Å². The molecule has 114 valence electrons. The van der Waals surface area contributed by atoms with E-state index in [-0.39, 0.29) is 11.3 Å². The van der Waals surface area contributed by atoms with Crippen molar-refractivity contribution in [2.75, 3.05) is 12.4 Å². The molecule has 0 aromatic carbocycles. The van der Waals surface area contributed by atoms with E-state index in [0.717, 1.165) is 10.6 Å². The fraction of sp³-hybridized carbons (Fsp3) is 0.538. The van der Waals surface area contributed by atoms with Crippen molar-refractivity contribution in [2.45, 2.75) is 32.2 Å². The standard InChI is InChI=1S/C13H20N6OS/c1-13(2,3)11-17-18-12(21-11)16-10(20)9(14-4)8-6-15-19(5)7-8/h6-7,9,14H,1-5H3,(H,16,18,20). The fourth-order valence-corrected chi connectivity index (χ4v) is 2.60. The minimum atomic E-state index is -0.472. The highest BCUT2D eigenvalue weighted by Crippen LogP contribution is 2.28. The second kappa shape index (κ2) is 5.90. The molecule has 1 unspecified atom stereocenters. The molecule has 21 heavy (non-hydrogen) atoms. The Morgan fingerprint density at radius 1 is 1.38 bits per heavy atom. The van der Waals surface area contributed by atoms with E-state index < -0.39 is 6.04 Å². The van der Waals surface area contributed by atoms with E-state index in [9.17, 15) is 4.79 Å². The zero-order valence-corrected chi connectivity index (χ0v) is 13.7. The lowest BCUT2D eigenvalue weighted by atomic mass is 9.98. The van der Waals surface area contributed by atoms with Crippen LogP contribution in [0.4, 0.5) is 5.13 Å². The van der Waals surface area contributed by atoms with E-state index in [1.807, 2.05) is 7.05 Å². The monoisotopic (exact) mass is 308 g/mol. The summed E-state index contributed by atoms with van der Waals surface area (Å²) in [4.78, 5) is 12.3. The van der Waals surface area contributed by atoms with E-state index in [1.165, 1.54) is 11.3 Å². The van der Waals surface area contributed by atoms with Crippen molar-refractivity contribution in [3.63, 3.8) is 0 Å². The molecule has 2 heterocycles. The summed E-state index contributed by atoms with van der Waals surface area (Å²) in [5.74, 6) is -0.179. The van der Waals surface area contributed by atoms with E-state index in [4.69, 9.17) is 0 Å². The largest absolute Gasteiger partial charge is 0.305 e. The molecule has 1 amide bonds. The van der Waals surface area contributed by atoms with E-state index >= 15 is 0 Å². The van der Waals surface area contributed by atoms with Gasteiger partial charge in [0.2, 0.25) is 11.0 Å². The van der Waals surface area contributed by atoms with Crippen LogP contribution in [0.2, 0.25) is 0 Å². The number of carbonyl (C=O) groups excluding carboxylic acids is 1. The maximum absolute atomic E-state index is 12.3. The van der Waals surface area contributed by atoms with Crippen LogP contribution in [0.1, 0.15) is 37.4 Å². The molecule has 2 aromatic heterocycles. The third kappa shape index (κ3) is 3.64. The zero-order valence-electron chi connectivity index (χ0n) is 12.8. The normalized spacial score (nSPS) is 13.2. The van der Waals surface area contributed by atoms with Crippen molar-refractivity contribution >= 4 is 22.4 Å². The number of likely N-dealkylation sites (N-methyl/N-ethyl adjacent to an activating group) is 1. The van der Waals surface area contributed by atoms with Crippen molar-refractivity contribution in [3.8, 4) is 0 Å². The van der Waals surface area contributed by atoms with Gasteiger partial charge in [-0.1, -0.05) is 32.1 Å². The van der Waals surface area contributed by atoms with E-state index in [1.54, 1.807) is 24.1 Å². The first-order chi connectivity index (χ1) is 9.81. The molecule has 0 spiro atoms. The van der Waals surface area contributed by atoms with Crippen molar-refractivity contribution < 1.29 is 4.79 Å². The van der Waals surface area contributed by atoms with Crippen LogP contribution in [0.5, 0.6) is 0 Å². The molecule has 2 N–H and O–H groups in total. The van der Waals surface area contributed by atoms with Gasteiger partial charge in [-0.25, -0.2) is 0 Å². The number of rotatable bonds is 4. The van der Waals surface area contributed by atoms with Crippen LogP contribution in [0, 0.1) is 0 Å². The van der Waals surface area contributed by atoms with Gasteiger partial charge in [0, 0.05) is 24.2 Å². The average Bonchev–Trinajstić information content (AvgIpc) is 2.99. The van der Waals surface area contributed by atoms with Gasteiger partial charge in [0.05, 0.1) is 6.20 Å². The van der Waals surface area contributed by atoms with Crippen molar-refractivity contribution in [1.29, 1.82) is 0 Å². The molecule has 8 heteroatoms. The molecule has 0 radical (unpaired) electrons. The molecule has 0 aliphatic heterocycles. The number of amides is 1. The molecule has 7 nitrogen and oxygen atoms in total. The predicted octanol–water partition coefficient (Wildman–Crippen LogP) is 1.47. The Kier molecular flexibility index (Phi) is 4.38. The topological polar surface area (TPSA) is 84.7 Å². The highest BCUT2D eigenvalue weighted by Gasteiger charge is 2.23. The first kappa shape index (κ1) is 15.6. The Morgan fingerprint density at radius 2 is 2.10 bits per heavy atom. The van der Waals surface area contributed by atoms with E-state index in [2.05, 4.69) is 46.7 Å². The molecule has 0 saturated carbocycles. The lowest BCUT2D eigenvalue weighted by Crippen LogP contribution is -2.30. The van der Waals surface area contributed by atoms with Gasteiger partial charge in [0.1, 0.15) is 11.0 Å². The summed E-state index contributed by atoms with van der Waals surface area (Å²) < 4.78 is 1.66. The Hall–Kier alpha value is -1.80. The van der Waals surface area contributed by atoms with Crippen molar-refractivity contribution in [1.82, 2.24) is 25.3 Å². The highest BCUT2D eigenvalue weighted by molar-refractivity contribution is 7.15. The van der Waals surface area contributed by atoms with Crippen LogP contribution in [-0.4, -0.2) is 32.9 Å².